The van der Waals surface area contributed by atoms with E-state index in [9.17, 15) is 9.59 Å². The average molecular weight is 272 g/mol. The van der Waals surface area contributed by atoms with E-state index in [-0.39, 0.29) is 18.7 Å². The quantitative estimate of drug-likeness (QED) is 0.818. The van der Waals surface area contributed by atoms with E-state index in [2.05, 4.69) is 13.8 Å². The summed E-state index contributed by atoms with van der Waals surface area (Å²) in [6.07, 6.45) is 0. The number of amides is 2. The van der Waals surface area contributed by atoms with Crippen molar-refractivity contribution in [3.63, 3.8) is 0 Å². The number of carboxylic acids is 1. The van der Waals surface area contributed by atoms with Gasteiger partial charge in [-0.1, -0.05) is 13.8 Å². The standard InChI is InChI=1S/C13H24N2O4/c1-9(2)10(3)14(5)12(18)15-7-13(4,8-15)19-6-11(16)17/h9-10H,6-8H2,1-5H3,(H,16,17). The molecule has 1 atom stereocenters. The Kier molecular flexibility index (Phi) is 4.79. The summed E-state index contributed by atoms with van der Waals surface area (Å²) < 4.78 is 5.28. The number of nitrogens with zero attached hydrogens (tertiary/aromatic N) is 2. The highest BCUT2D eigenvalue weighted by atomic mass is 16.5. The largest absolute Gasteiger partial charge is 0.480 e. The summed E-state index contributed by atoms with van der Waals surface area (Å²) in [4.78, 5) is 26.0. The molecule has 0 aromatic heterocycles. The number of carbonyl (C=O) groups is 2. The Morgan fingerprint density at radius 3 is 2.32 bits per heavy atom. The van der Waals surface area contributed by atoms with E-state index in [1.54, 1.807) is 16.8 Å². The molecule has 19 heavy (non-hydrogen) atoms. The van der Waals surface area contributed by atoms with Gasteiger partial charge in [0, 0.05) is 13.1 Å². The molecule has 0 aromatic carbocycles. The first-order chi connectivity index (χ1) is 8.66. The first-order valence-corrected chi connectivity index (χ1v) is 6.54. The van der Waals surface area contributed by atoms with Gasteiger partial charge in [0.05, 0.1) is 13.1 Å². The molecule has 1 aliphatic heterocycles. The molecule has 110 valence electrons. The maximum atomic E-state index is 12.2. The van der Waals surface area contributed by atoms with E-state index in [0.717, 1.165) is 0 Å². The molecule has 0 saturated carbocycles. The lowest BCUT2D eigenvalue weighted by atomic mass is 9.96. The molecule has 1 saturated heterocycles. The van der Waals surface area contributed by atoms with Crippen LogP contribution >= 0.6 is 0 Å². The van der Waals surface area contributed by atoms with E-state index in [1.807, 2.05) is 13.8 Å². The molecule has 0 bridgehead atoms. The molecule has 6 heteroatoms. The number of aliphatic carboxylic acids is 1. The van der Waals surface area contributed by atoms with Crippen LogP contribution in [0.1, 0.15) is 27.7 Å². The normalized spacial score (nSPS) is 18.9. The minimum Gasteiger partial charge on any atom is -0.480 e. The molecule has 0 spiro atoms. The number of carboxylic acid groups (broad SMARTS) is 1. The Morgan fingerprint density at radius 2 is 1.89 bits per heavy atom. The number of carbonyl (C=O) groups excluding carboxylic acids is 1. The van der Waals surface area contributed by atoms with E-state index in [4.69, 9.17) is 9.84 Å². The zero-order valence-corrected chi connectivity index (χ0v) is 12.3. The molecule has 1 unspecified atom stereocenters. The molecular weight excluding hydrogens is 248 g/mol. The number of hydrogen-bond acceptors (Lipinski definition) is 3. The topological polar surface area (TPSA) is 70.1 Å². The highest BCUT2D eigenvalue weighted by Gasteiger charge is 2.44. The molecule has 1 N–H and O–H groups in total. The van der Waals surface area contributed by atoms with Gasteiger partial charge in [0.25, 0.3) is 0 Å². The molecular formula is C13H24N2O4. The molecule has 0 radical (unpaired) electrons. The van der Waals surface area contributed by atoms with E-state index in [0.29, 0.717) is 19.0 Å². The van der Waals surface area contributed by atoms with Crippen LogP contribution in [0.5, 0.6) is 0 Å². The molecule has 1 heterocycles. The van der Waals surface area contributed by atoms with E-state index >= 15 is 0 Å². The minimum atomic E-state index is -0.989. The molecule has 0 aliphatic carbocycles. The SMILES string of the molecule is CC(C)C(C)N(C)C(=O)N1CC(C)(OCC(=O)O)C1. The van der Waals surface area contributed by atoms with Gasteiger partial charge in [-0.2, -0.15) is 0 Å². The highest BCUT2D eigenvalue weighted by Crippen LogP contribution is 2.26. The lowest BCUT2D eigenvalue weighted by Gasteiger charge is -2.49. The van der Waals surface area contributed by atoms with Crippen LogP contribution < -0.4 is 0 Å². The maximum Gasteiger partial charge on any atom is 0.329 e. The summed E-state index contributed by atoms with van der Waals surface area (Å²) >= 11 is 0. The van der Waals surface area contributed by atoms with Gasteiger partial charge in [-0.3, -0.25) is 0 Å². The third-order valence-corrected chi connectivity index (χ3v) is 3.74. The zero-order valence-electron chi connectivity index (χ0n) is 12.3. The van der Waals surface area contributed by atoms with Crippen molar-refractivity contribution >= 4 is 12.0 Å². The lowest BCUT2D eigenvalue weighted by molar-refractivity contribution is -0.160. The Bertz CT molecular complexity index is 351. The fourth-order valence-corrected chi connectivity index (χ4v) is 2.07. The van der Waals surface area contributed by atoms with Crippen molar-refractivity contribution in [2.75, 3.05) is 26.7 Å². The van der Waals surface area contributed by atoms with Gasteiger partial charge >= 0.3 is 12.0 Å². The first kappa shape index (κ1) is 15.8. The van der Waals surface area contributed by atoms with Gasteiger partial charge in [-0.25, -0.2) is 9.59 Å². The van der Waals surface area contributed by atoms with Gasteiger partial charge in [-0.05, 0) is 19.8 Å². The summed E-state index contributed by atoms with van der Waals surface area (Å²) in [5, 5.41) is 8.58. The average Bonchev–Trinajstić information content (AvgIpc) is 2.29. The van der Waals surface area contributed by atoms with Gasteiger partial charge < -0.3 is 19.6 Å². The summed E-state index contributed by atoms with van der Waals surface area (Å²) in [7, 11) is 1.79. The Morgan fingerprint density at radius 1 is 1.37 bits per heavy atom. The number of ether oxygens (including phenoxy) is 1. The number of rotatable bonds is 5. The van der Waals surface area contributed by atoms with Crippen molar-refractivity contribution in [2.45, 2.75) is 39.3 Å². The number of urea groups is 1. The first-order valence-electron chi connectivity index (χ1n) is 6.54. The third kappa shape index (κ3) is 3.83. The van der Waals surface area contributed by atoms with Gasteiger partial charge in [0.2, 0.25) is 0 Å². The molecule has 1 aliphatic rings. The van der Waals surface area contributed by atoms with Gasteiger partial charge in [0.15, 0.2) is 0 Å². The summed E-state index contributed by atoms with van der Waals surface area (Å²) in [6.45, 7) is 8.54. The minimum absolute atomic E-state index is 0.0300. The lowest BCUT2D eigenvalue weighted by Crippen LogP contribution is -2.66. The smallest absolute Gasteiger partial charge is 0.329 e. The van der Waals surface area contributed by atoms with Crippen molar-refractivity contribution in [2.24, 2.45) is 5.92 Å². The Labute approximate surface area is 114 Å². The zero-order chi connectivity index (χ0) is 14.8. The predicted octanol–water partition coefficient (Wildman–Crippen LogP) is 1.26. The number of likely N-dealkylation sites (tertiary alicyclic amines) is 1. The van der Waals surface area contributed by atoms with Crippen LogP contribution in [-0.2, 0) is 9.53 Å². The third-order valence-electron chi connectivity index (χ3n) is 3.74. The highest BCUT2D eigenvalue weighted by molar-refractivity contribution is 5.76. The molecule has 1 fully saturated rings. The second kappa shape index (κ2) is 5.77. The molecule has 2 amide bonds. The van der Waals surface area contributed by atoms with Crippen molar-refractivity contribution in [3.05, 3.63) is 0 Å². The summed E-state index contributed by atoms with van der Waals surface area (Å²) in [6, 6.07) is 0.136. The maximum absolute atomic E-state index is 12.2. The summed E-state index contributed by atoms with van der Waals surface area (Å²) in [5.74, 6) is -0.596. The molecule has 0 aromatic rings. The van der Waals surface area contributed by atoms with Crippen LogP contribution in [0.15, 0.2) is 0 Å². The summed E-state index contributed by atoms with van der Waals surface area (Å²) in [5.41, 5.74) is -0.532. The van der Waals surface area contributed by atoms with E-state index in [1.165, 1.54) is 0 Å². The monoisotopic (exact) mass is 272 g/mol. The fraction of sp³-hybridized carbons (Fsp3) is 0.846. The van der Waals surface area contributed by atoms with Crippen molar-refractivity contribution in [3.8, 4) is 0 Å². The van der Waals surface area contributed by atoms with Crippen LogP contribution in [0.25, 0.3) is 0 Å². The molecule has 6 nitrogen and oxygen atoms in total. The van der Waals surface area contributed by atoms with Crippen molar-refractivity contribution in [1.82, 2.24) is 9.80 Å². The van der Waals surface area contributed by atoms with Gasteiger partial charge in [-0.15, -0.1) is 0 Å². The number of hydrogen-bond donors (Lipinski definition) is 1. The van der Waals surface area contributed by atoms with Crippen LogP contribution in [-0.4, -0.2) is 65.3 Å². The van der Waals surface area contributed by atoms with Crippen LogP contribution in [0, 0.1) is 5.92 Å². The Balaban J connectivity index is 2.45. The van der Waals surface area contributed by atoms with Crippen molar-refractivity contribution in [1.29, 1.82) is 0 Å². The van der Waals surface area contributed by atoms with E-state index < -0.39 is 11.6 Å². The van der Waals surface area contributed by atoms with Gasteiger partial charge in [0.1, 0.15) is 12.2 Å². The van der Waals surface area contributed by atoms with Crippen LogP contribution in [0.3, 0.4) is 0 Å². The Hall–Kier alpha value is -1.30. The fourth-order valence-electron chi connectivity index (χ4n) is 2.07. The van der Waals surface area contributed by atoms with Crippen molar-refractivity contribution < 1.29 is 19.4 Å². The predicted molar refractivity (Wildman–Crippen MR) is 71.0 cm³/mol. The van der Waals surface area contributed by atoms with Crippen LogP contribution in [0.2, 0.25) is 0 Å². The molecule has 1 rings (SSSR count). The van der Waals surface area contributed by atoms with Crippen LogP contribution in [0.4, 0.5) is 4.79 Å². The second-order valence-corrected chi connectivity index (χ2v) is 5.87. The second-order valence-electron chi connectivity index (χ2n) is 5.87.